The molecule has 1 aliphatic heterocycles. The predicted molar refractivity (Wildman–Crippen MR) is 91.6 cm³/mol. The molecule has 1 aliphatic rings. The average molecular weight is 350 g/mol. The van der Waals surface area contributed by atoms with E-state index in [0.29, 0.717) is 19.8 Å². The molecule has 2 N–H and O–H groups in total. The third-order valence-corrected chi connectivity index (χ3v) is 3.92. The van der Waals surface area contributed by atoms with Crippen LogP contribution in [0.25, 0.3) is 0 Å². The van der Waals surface area contributed by atoms with Gasteiger partial charge < -0.3 is 15.4 Å². The van der Waals surface area contributed by atoms with Crippen LogP contribution in [0.15, 0.2) is 24.5 Å². The molecule has 7 heteroatoms. The Kier molecular flexibility index (Phi) is 10.3. The Morgan fingerprint density at radius 1 is 1.36 bits per heavy atom. The van der Waals surface area contributed by atoms with Crippen molar-refractivity contribution in [2.45, 2.75) is 25.3 Å². The van der Waals surface area contributed by atoms with Crippen molar-refractivity contribution in [3.63, 3.8) is 0 Å². The molecule has 22 heavy (non-hydrogen) atoms. The van der Waals surface area contributed by atoms with Crippen LogP contribution in [0.4, 0.5) is 0 Å². The number of carbonyl (C=O) groups is 1. The first-order valence-electron chi connectivity index (χ1n) is 7.15. The highest BCUT2D eigenvalue weighted by atomic mass is 35.5. The molecule has 0 aliphatic carbocycles. The zero-order chi connectivity index (χ0) is 14.4. The molecule has 2 rings (SSSR count). The van der Waals surface area contributed by atoms with Crippen LogP contribution in [-0.4, -0.2) is 48.6 Å². The number of hydrogen-bond donors (Lipinski definition) is 1. The highest BCUT2D eigenvalue weighted by Gasteiger charge is 2.28. The van der Waals surface area contributed by atoms with Gasteiger partial charge >= 0.3 is 0 Å². The summed E-state index contributed by atoms with van der Waals surface area (Å²) in [6, 6.07) is 3.54. The van der Waals surface area contributed by atoms with Gasteiger partial charge in [-0.25, -0.2) is 0 Å². The van der Waals surface area contributed by atoms with E-state index in [1.165, 1.54) is 5.56 Å². The fraction of sp³-hybridized carbons (Fsp3) is 0.600. The normalized spacial score (nSPS) is 16.1. The number of likely N-dealkylation sites (N-methyl/N-ethyl adjacent to an activating group) is 1. The van der Waals surface area contributed by atoms with E-state index in [-0.39, 0.29) is 36.6 Å². The molecule has 1 aromatic heterocycles. The van der Waals surface area contributed by atoms with Crippen LogP contribution in [0.5, 0.6) is 0 Å². The van der Waals surface area contributed by atoms with Gasteiger partial charge in [0.25, 0.3) is 0 Å². The molecule has 0 aromatic carbocycles. The molecule has 0 radical (unpaired) electrons. The number of halogens is 2. The first-order chi connectivity index (χ1) is 9.68. The van der Waals surface area contributed by atoms with Crippen LogP contribution in [0, 0.1) is 5.92 Å². The lowest BCUT2D eigenvalue weighted by Gasteiger charge is -2.29. The number of aromatic nitrogens is 1. The Morgan fingerprint density at radius 2 is 1.95 bits per heavy atom. The van der Waals surface area contributed by atoms with Crippen LogP contribution in [0.1, 0.15) is 18.4 Å². The third-order valence-electron chi connectivity index (χ3n) is 3.92. The molecule has 1 unspecified atom stereocenters. The van der Waals surface area contributed by atoms with Crippen molar-refractivity contribution in [2.24, 2.45) is 11.7 Å². The molecule has 0 saturated carbocycles. The molecular weight excluding hydrogens is 325 g/mol. The van der Waals surface area contributed by atoms with Crippen molar-refractivity contribution in [3.05, 3.63) is 30.1 Å². The zero-order valence-electron chi connectivity index (χ0n) is 12.8. The number of nitrogens with two attached hydrogens (primary N) is 1. The van der Waals surface area contributed by atoms with E-state index in [9.17, 15) is 4.79 Å². The van der Waals surface area contributed by atoms with Gasteiger partial charge in [0, 0.05) is 39.2 Å². The topological polar surface area (TPSA) is 68.5 Å². The van der Waals surface area contributed by atoms with Crippen LogP contribution < -0.4 is 5.73 Å². The van der Waals surface area contributed by atoms with E-state index < -0.39 is 6.04 Å². The van der Waals surface area contributed by atoms with Crippen molar-refractivity contribution in [3.8, 4) is 0 Å². The summed E-state index contributed by atoms with van der Waals surface area (Å²) >= 11 is 0. The minimum Gasteiger partial charge on any atom is -0.381 e. The van der Waals surface area contributed by atoms with Gasteiger partial charge in [-0.15, -0.1) is 24.8 Å². The van der Waals surface area contributed by atoms with E-state index in [0.717, 1.165) is 19.3 Å². The van der Waals surface area contributed by atoms with Gasteiger partial charge in [0.2, 0.25) is 5.91 Å². The number of rotatable bonds is 5. The van der Waals surface area contributed by atoms with E-state index in [1.807, 2.05) is 19.2 Å². The maximum absolute atomic E-state index is 12.3. The second-order valence-electron chi connectivity index (χ2n) is 5.34. The van der Waals surface area contributed by atoms with Crippen LogP contribution in [0.2, 0.25) is 0 Å². The van der Waals surface area contributed by atoms with Gasteiger partial charge in [0.05, 0.1) is 6.04 Å². The lowest BCUT2D eigenvalue weighted by Crippen LogP contribution is -2.48. The molecule has 2 heterocycles. The number of hydrogen-bond acceptors (Lipinski definition) is 4. The SMILES string of the molecule is CN(CCc1ccncc1)C(=O)C(N)C1CCOCC1.Cl.Cl. The van der Waals surface area contributed by atoms with E-state index in [4.69, 9.17) is 10.5 Å². The zero-order valence-corrected chi connectivity index (χ0v) is 14.4. The predicted octanol–water partition coefficient (Wildman–Crippen LogP) is 1.68. The Hall–Kier alpha value is -0.880. The number of carbonyl (C=O) groups excluding carboxylic acids is 1. The fourth-order valence-electron chi connectivity index (χ4n) is 2.49. The summed E-state index contributed by atoms with van der Waals surface area (Å²) in [5.41, 5.74) is 7.28. The molecule has 1 amide bonds. The first-order valence-corrected chi connectivity index (χ1v) is 7.15. The lowest BCUT2D eigenvalue weighted by molar-refractivity contribution is -0.133. The van der Waals surface area contributed by atoms with E-state index in [2.05, 4.69) is 4.98 Å². The highest BCUT2D eigenvalue weighted by molar-refractivity contribution is 5.85. The average Bonchev–Trinajstić information content (AvgIpc) is 2.53. The van der Waals surface area contributed by atoms with Crippen molar-refractivity contribution in [2.75, 3.05) is 26.8 Å². The second kappa shape index (κ2) is 10.8. The highest BCUT2D eigenvalue weighted by Crippen LogP contribution is 2.18. The Bertz CT molecular complexity index is 428. The van der Waals surface area contributed by atoms with Gasteiger partial charge in [0.15, 0.2) is 0 Å². The minimum atomic E-state index is -0.402. The second-order valence-corrected chi connectivity index (χ2v) is 5.34. The third kappa shape index (κ3) is 6.08. The van der Waals surface area contributed by atoms with Crippen molar-refractivity contribution < 1.29 is 9.53 Å². The van der Waals surface area contributed by atoms with Gasteiger partial charge in [-0.1, -0.05) is 0 Å². The lowest BCUT2D eigenvalue weighted by atomic mass is 9.91. The van der Waals surface area contributed by atoms with Crippen molar-refractivity contribution in [1.82, 2.24) is 9.88 Å². The molecule has 1 saturated heterocycles. The van der Waals surface area contributed by atoms with E-state index >= 15 is 0 Å². The number of pyridine rings is 1. The quantitative estimate of drug-likeness (QED) is 0.877. The molecule has 1 fully saturated rings. The van der Waals surface area contributed by atoms with Gasteiger partial charge in [-0.2, -0.15) is 0 Å². The number of amides is 1. The monoisotopic (exact) mass is 349 g/mol. The molecule has 126 valence electrons. The summed E-state index contributed by atoms with van der Waals surface area (Å²) in [7, 11) is 1.82. The van der Waals surface area contributed by atoms with Crippen molar-refractivity contribution in [1.29, 1.82) is 0 Å². The van der Waals surface area contributed by atoms with Gasteiger partial charge in [0.1, 0.15) is 0 Å². The Labute approximate surface area is 144 Å². The standard InChI is InChI=1S/C15H23N3O2.2ClH/c1-18(9-4-12-2-7-17-8-3-12)15(19)14(16)13-5-10-20-11-6-13;;/h2-3,7-8,13-14H,4-6,9-11,16H2,1H3;2*1H. The maximum Gasteiger partial charge on any atom is 0.239 e. The minimum absolute atomic E-state index is 0. The summed E-state index contributed by atoms with van der Waals surface area (Å²) in [4.78, 5) is 18.0. The summed E-state index contributed by atoms with van der Waals surface area (Å²) in [6.07, 6.45) is 6.12. The van der Waals surface area contributed by atoms with Crippen molar-refractivity contribution >= 4 is 30.7 Å². The molecule has 1 atom stereocenters. The molecule has 0 spiro atoms. The van der Waals surface area contributed by atoms with E-state index in [1.54, 1.807) is 17.3 Å². The fourth-order valence-corrected chi connectivity index (χ4v) is 2.49. The summed E-state index contributed by atoms with van der Waals surface area (Å²) in [5.74, 6) is 0.283. The van der Waals surface area contributed by atoms with Crippen LogP contribution in [0.3, 0.4) is 0 Å². The Balaban J connectivity index is 0.00000220. The first kappa shape index (κ1) is 21.1. The largest absolute Gasteiger partial charge is 0.381 e. The summed E-state index contributed by atoms with van der Waals surface area (Å²) in [5, 5.41) is 0. The maximum atomic E-state index is 12.3. The summed E-state index contributed by atoms with van der Waals surface area (Å²) < 4.78 is 5.31. The van der Waals surface area contributed by atoms with Crippen LogP contribution in [-0.2, 0) is 16.0 Å². The molecule has 1 aromatic rings. The Morgan fingerprint density at radius 3 is 2.55 bits per heavy atom. The molecule has 5 nitrogen and oxygen atoms in total. The van der Waals surface area contributed by atoms with Crippen LogP contribution >= 0.6 is 24.8 Å². The number of nitrogens with zero attached hydrogens (tertiary/aromatic N) is 2. The summed E-state index contributed by atoms with van der Waals surface area (Å²) in [6.45, 7) is 2.11. The number of ether oxygens (including phenoxy) is 1. The smallest absolute Gasteiger partial charge is 0.239 e. The van der Waals surface area contributed by atoms with Gasteiger partial charge in [-0.3, -0.25) is 9.78 Å². The molecule has 0 bridgehead atoms. The molecular formula is C15H25Cl2N3O2. The van der Waals surface area contributed by atoms with Gasteiger partial charge in [-0.05, 0) is 42.9 Å².